The predicted octanol–water partition coefficient (Wildman–Crippen LogP) is 9.50. The Hall–Kier alpha value is -4.96. The molecule has 290 valence electrons. The first-order chi connectivity index (χ1) is 25.8. The lowest BCUT2D eigenvalue weighted by Crippen LogP contribution is -2.32. The highest BCUT2D eigenvalue weighted by Crippen LogP contribution is 2.59. The van der Waals surface area contributed by atoms with Crippen LogP contribution in [0.1, 0.15) is 77.6 Å². The van der Waals surface area contributed by atoms with Gasteiger partial charge in [0.15, 0.2) is 23.0 Å². The summed E-state index contributed by atoms with van der Waals surface area (Å²) in [6, 6.07) is 30.4. The molecule has 0 aromatic heterocycles. The van der Waals surface area contributed by atoms with E-state index < -0.39 is 22.3 Å². The molecule has 55 heavy (non-hydrogen) atoms. The van der Waals surface area contributed by atoms with Crippen LogP contribution < -0.4 is 62.8 Å². The number of fused-ring (bicyclic) bond motifs is 2. The van der Waals surface area contributed by atoms with Crippen molar-refractivity contribution in [3.05, 3.63) is 119 Å². The summed E-state index contributed by atoms with van der Waals surface area (Å²) in [5.41, 5.74) is 32.0. The molecule has 2 atom stereocenters. The van der Waals surface area contributed by atoms with E-state index in [0.29, 0.717) is 57.1 Å². The van der Waals surface area contributed by atoms with E-state index in [-0.39, 0.29) is 10.8 Å². The standard InChI is InChI=1S/C41H53N9O3P2/c1-39(2,3)25-21-27-37(35(23-25)52-54(47)49(45)33-19-13-10-16-30(33)43)51-38-28(41(27,7)8)22-26(40(4,5)6)24-36(38)53-55(48-32-18-12-9-15-29(32)42)50(46)34-20-14-11-17-31(34)44/h9-24,48H,42-47H2,1-8H3. The second-order valence-electron chi connectivity index (χ2n) is 16.2. The van der Waals surface area contributed by atoms with Gasteiger partial charge in [-0.05, 0) is 70.5 Å². The summed E-state index contributed by atoms with van der Waals surface area (Å²) < 4.78 is 23.5. The molecule has 0 saturated heterocycles. The van der Waals surface area contributed by atoms with Crippen LogP contribution in [-0.4, -0.2) is 0 Å². The average Bonchev–Trinajstić information content (AvgIpc) is 3.11. The first kappa shape index (κ1) is 39.7. The molecular weight excluding hydrogens is 728 g/mol. The van der Waals surface area contributed by atoms with Gasteiger partial charge in [0, 0.05) is 16.5 Å². The molecular formula is C41H53N9O3P2. The normalized spacial score (nSPS) is 14.5. The van der Waals surface area contributed by atoms with Crippen molar-refractivity contribution in [2.75, 3.05) is 31.8 Å². The van der Waals surface area contributed by atoms with Crippen molar-refractivity contribution < 1.29 is 13.8 Å². The zero-order chi connectivity index (χ0) is 40.0. The molecule has 0 spiro atoms. The van der Waals surface area contributed by atoms with Gasteiger partial charge >= 0.3 is 8.45 Å². The number of nitrogens with zero attached hydrogens (tertiary/aromatic N) is 2. The van der Waals surface area contributed by atoms with Crippen molar-refractivity contribution >= 4 is 51.0 Å². The Morgan fingerprint density at radius 1 is 0.618 bits per heavy atom. The quantitative estimate of drug-likeness (QED) is 0.0307. The molecule has 5 aromatic rings. The van der Waals surface area contributed by atoms with E-state index in [1.165, 1.54) is 9.56 Å². The van der Waals surface area contributed by atoms with E-state index >= 15 is 0 Å². The van der Waals surface area contributed by atoms with E-state index in [4.69, 9.17) is 48.2 Å². The molecule has 0 amide bonds. The molecule has 6 rings (SSSR count). The molecule has 2 unspecified atom stereocenters. The number of hydrazine groups is 2. The first-order valence-electron chi connectivity index (χ1n) is 17.9. The number of nitrogens with two attached hydrogens (primary N) is 6. The number of hydrogen-bond acceptors (Lipinski definition) is 12. The maximum absolute atomic E-state index is 7.01. The molecule has 1 aliphatic rings. The second kappa shape index (κ2) is 14.9. The van der Waals surface area contributed by atoms with Gasteiger partial charge in [-0.2, -0.15) is 0 Å². The van der Waals surface area contributed by atoms with E-state index in [0.717, 1.165) is 22.3 Å². The fraction of sp³-hybridized carbons (Fsp3) is 0.268. The Morgan fingerprint density at radius 3 is 1.53 bits per heavy atom. The zero-order valence-corrected chi connectivity index (χ0v) is 34.5. The van der Waals surface area contributed by atoms with Gasteiger partial charge < -0.3 is 36.1 Å². The van der Waals surface area contributed by atoms with Crippen molar-refractivity contribution in [2.24, 2.45) is 17.2 Å². The summed E-state index contributed by atoms with van der Waals surface area (Å²) in [4.78, 5) is 0. The third kappa shape index (κ3) is 8.06. The van der Waals surface area contributed by atoms with Gasteiger partial charge in [-0.1, -0.05) is 104 Å². The Bertz CT molecular complexity index is 2200. The van der Waals surface area contributed by atoms with Crippen LogP contribution in [0.2, 0.25) is 0 Å². The van der Waals surface area contributed by atoms with Gasteiger partial charge in [0.05, 0.1) is 34.1 Å². The molecule has 13 N–H and O–H groups in total. The van der Waals surface area contributed by atoms with Crippen molar-refractivity contribution in [2.45, 2.75) is 71.6 Å². The van der Waals surface area contributed by atoms with E-state index in [1.54, 1.807) is 18.2 Å². The van der Waals surface area contributed by atoms with E-state index in [2.05, 4.69) is 72.6 Å². The summed E-state index contributed by atoms with van der Waals surface area (Å²) in [7, 11) is -3.80. The van der Waals surface area contributed by atoms with Crippen LogP contribution in [0.4, 0.5) is 34.1 Å². The molecule has 14 heteroatoms. The van der Waals surface area contributed by atoms with Gasteiger partial charge in [-0.15, -0.1) is 0 Å². The van der Waals surface area contributed by atoms with Crippen LogP contribution in [0.15, 0.2) is 97.1 Å². The summed E-state index contributed by atoms with van der Waals surface area (Å²) in [6.07, 6.45) is 0. The Kier molecular flexibility index (Phi) is 10.8. The fourth-order valence-corrected chi connectivity index (χ4v) is 8.42. The van der Waals surface area contributed by atoms with Gasteiger partial charge in [-0.3, -0.25) is 5.50 Å². The molecule has 1 aliphatic heterocycles. The minimum atomic E-state index is -1.92. The average molecular weight is 782 g/mol. The highest BCUT2D eigenvalue weighted by atomic mass is 31.2. The SMILES string of the molecule is CC(C)(C)c1cc(OP(N)N(N)c2ccccc2N)c2c(c1)C(C)(C)c1cc(C(C)(C)C)cc(OP(Nc3ccccc3N)N(N)c3ccccc3N)c1O2. The predicted molar refractivity (Wildman–Crippen MR) is 231 cm³/mol. The Balaban J connectivity index is 1.51. The van der Waals surface area contributed by atoms with Crippen LogP contribution in [0, 0.1) is 0 Å². The minimum absolute atomic E-state index is 0.237. The number of nitrogens with one attached hydrogen (secondary N) is 1. The van der Waals surface area contributed by atoms with Gasteiger partial charge in [0.1, 0.15) is 0 Å². The van der Waals surface area contributed by atoms with Crippen molar-refractivity contribution in [3.8, 4) is 23.0 Å². The third-order valence-corrected chi connectivity index (χ3v) is 12.2. The monoisotopic (exact) mass is 781 g/mol. The largest absolute Gasteiger partial charge is 0.449 e. The van der Waals surface area contributed by atoms with Crippen molar-refractivity contribution in [1.82, 2.24) is 0 Å². The highest BCUT2D eigenvalue weighted by Gasteiger charge is 2.41. The molecule has 12 nitrogen and oxygen atoms in total. The second-order valence-corrected chi connectivity index (χ2v) is 18.8. The van der Waals surface area contributed by atoms with Crippen LogP contribution in [0.3, 0.4) is 0 Å². The smallest absolute Gasteiger partial charge is 0.322 e. The van der Waals surface area contributed by atoms with Crippen LogP contribution in [0.5, 0.6) is 23.0 Å². The topological polar surface area (TPSA) is 202 Å². The van der Waals surface area contributed by atoms with E-state index in [1.807, 2.05) is 66.7 Å². The fourth-order valence-electron chi connectivity index (χ4n) is 6.25. The molecule has 0 aliphatic carbocycles. The first-order valence-corrected chi connectivity index (χ1v) is 20.4. The summed E-state index contributed by atoms with van der Waals surface area (Å²) in [6.45, 7) is 17.3. The van der Waals surface area contributed by atoms with Crippen LogP contribution in [-0.2, 0) is 16.2 Å². The number of hydrogen-bond donors (Lipinski definition) is 7. The van der Waals surface area contributed by atoms with Crippen LogP contribution in [0.25, 0.3) is 0 Å². The number of anilines is 6. The number of benzene rings is 5. The van der Waals surface area contributed by atoms with Gasteiger partial charge in [0.25, 0.3) is 8.45 Å². The lowest BCUT2D eigenvalue weighted by Gasteiger charge is -2.39. The van der Waals surface area contributed by atoms with Gasteiger partial charge in [0.2, 0.25) is 0 Å². The number of ether oxygens (including phenoxy) is 1. The number of rotatable bonds is 10. The lowest BCUT2D eigenvalue weighted by atomic mass is 9.72. The maximum Gasteiger partial charge on any atom is 0.322 e. The maximum atomic E-state index is 7.01. The zero-order valence-electron chi connectivity index (χ0n) is 32.7. The summed E-state index contributed by atoms with van der Waals surface area (Å²) in [5, 5.41) is 3.46. The molecule has 5 aromatic carbocycles. The number of para-hydroxylation sites is 6. The van der Waals surface area contributed by atoms with Crippen molar-refractivity contribution in [3.63, 3.8) is 0 Å². The highest BCUT2D eigenvalue weighted by molar-refractivity contribution is 7.56. The minimum Gasteiger partial charge on any atom is -0.449 e. The molecule has 0 bridgehead atoms. The summed E-state index contributed by atoms with van der Waals surface area (Å²) >= 11 is 0. The van der Waals surface area contributed by atoms with Crippen molar-refractivity contribution in [1.29, 1.82) is 0 Å². The molecule has 1 heterocycles. The lowest BCUT2D eigenvalue weighted by molar-refractivity contribution is 0.383. The van der Waals surface area contributed by atoms with Crippen LogP contribution >= 0.6 is 16.9 Å². The molecule has 0 fully saturated rings. The summed E-state index contributed by atoms with van der Waals surface area (Å²) in [5.74, 6) is 15.4. The number of nitrogen functional groups attached to an aromatic ring is 3. The van der Waals surface area contributed by atoms with E-state index in [9.17, 15) is 0 Å². The molecule has 0 radical (unpaired) electrons. The van der Waals surface area contributed by atoms with Gasteiger partial charge in [-0.25, -0.2) is 21.2 Å². The third-order valence-electron chi connectivity index (χ3n) is 9.72. The Morgan fingerprint density at radius 2 is 1.05 bits per heavy atom. The Labute approximate surface area is 326 Å². The molecule has 0 saturated carbocycles.